The summed E-state index contributed by atoms with van der Waals surface area (Å²) in [5.41, 5.74) is 18.7. The lowest BCUT2D eigenvalue weighted by molar-refractivity contribution is 1.18. The Kier molecular flexibility index (Phi) is 9.89. The van der Waals surface area contributed by atoms with Crippen molar-refractivity contribution < 1.29 is 0 Å². The molecule has 0 aliphatic carbocycles. The molecule has 0 bridgehead atoms. The fourth-order valence-electron chi connectivity index (χ4n) is 9.89. The molecule has 11 aromatic carbocycles. The van der Waals surface area contributed by atoms with Crippen LogP contribution in [0.4, 0.5) is 17.1 Å². The molecule has 12 aromatic rings. The lowest BCUT2D eigenvalue weighted by atomic mass is 9.94. The quantitative estimate of drug-likeness (QED) is 0.141. The van der Waals surface area contributed by atoms with E-state index in [1.807, 2.05) is 0 Å². The SMILES string of the molecule is c1ccc(-c2cccc(-c3ccc(N(c4ccc(-c5cccc6ccccc56)cc4)c4ccccc4-c4cccc(-c5cccc6c5c5ccccc5n6-c5ccccc5)c4)cc3)c2)cc1. The number of fused-ring (bicyclic) bond motifs is 4. The molecule has 0 fully saturated rings. The number of aromatic nitrogens is 1. The van der Waals surface area contributed by atoms with E-state index in [2.05, 4.69) is 276 Å². The lowest BCUT2D eigenvalue weighted by Crippen LogP contribution is -2.11. The highest BCUT2D eigenvalue weighted by Crippen LogP contribution is 2.44. The van der Waals surface area contributed by atoms with E-state index in [-0.39, 0.29) is 0 Å². The van der Waals surface area contributed by atoms with Gasteiger partial charge in [0.15, 0.2) is 0 Å². The van der Waals surface area contributed by atoms with Gasteiger partial charge in [-0.3, -0.25) is 0 Å². The number of rotatable bonds is 9. The fraction of sp³-hybridized carbons (Fsp3) is 0. The number of para-hydroxylation sites is 3. The molecular formula is C64H44N2. The highest BCUT2D eigenvalue weighted by atomic mass is 15.1. The molecule has 2 nitrogen and oxygen atoms in total. The van der Waals surface area contributed by atoms with Crippen LogP contribution in [0.3, 0.4) is 0 Å². The molecule has 0 radical (unpaired) electrons. The highest BCUT2D eigenvalue weighted by molar-refractivity contribution is 6.16. The zero-order chi connectivity index (χ0) is 43.8. The second-order valence-corrected chi connectivity index (χ2v) is 16.9. The Bertz CT molecular complexity index is 3670. The zero-order valence-corrected chi connectivity index (χ0v) is 36.3. The first-order valence-corrected chi connectivity index (χ1v) is 22.7. The lowest BCUT2D eigenvalue weighted by Gasteiger charge is -2.28. The molecule has 66 heavy (non-hydrogen) atoms. The summed E-state index contributed by atoms with van der Waals surface area (Å²) in [7, 11) is 0. The minimum absolute atomic E-state index is 1.08. The van der Waals surface area contributed by atoms with Gasteiger partial charge in [0.25, 0.3) is 0 Å². The Morgan fingerprint density at radius 2 is 0.742 bits per heavy atom. The summed E-state index contributed by atoms with van der Waals surface area (Å²) >= 11 is 0. The van der Waals surface area contributed by atoms with Crippen LogP contribution in [0.2, 0.25) is 0 Å². The van der Waals surface area contributed by atoms with Crippen molar-refractivity contribution in [1.29, 1.82) is 0 Å². The van der Waals surface area contributed by atoms with Crippen LogP contribution in [-0.4, -0.2) is 4.57 Å². The smallest absolute Gasteiger partial charge is 0.0547 e. The molecule has 0 unspecified atom stereocenters. The van der Waals surface area contributed by atoms with E-state index in [4.69, 9.17) is 0 Å². The van der Waals surface area contributed by atoms with Gasteiger partial charge in [-0.1, -0.05) is 200 Å². The summed E-state index contributed by atoms with van der Waals surface area (Å²) in [5, 5.41) is 4.99. The van der Waals surface area contributed by atoms with Crippen molar-refractivity contribution in [2.75, 3.05) is 4.90 Å². The highest BCUT2D eigenvalue weighted by Gasteiger charge is 2.20. The summed E-state index contributed by atoms with van der Waals surface area (Å²) in [6, 6.07) is 96.8. The number of benzene rings is 11. The second-order valence-electron chi connectivity index (χ2n) is 16.9. The number of nitrogens with zero attached hydrogens (tertiary/aromatic N) is 2. The average Bonchev–Trinajstić information content (AvgIpc) is 3.74. The normalized spacial score (nSPS) is 11.3. The predicted octanol–water partition coefficient (Wildman–Crippen LogP) is 17.7. The largest absolute Gasteiger partial charge is 0.310 e. The second kappa shape index (κ2) is 16.8. The predicted molar refractivity (Wildman–Crippen MR) is 280 cm³/mol. The van der Waals surface area contributed by atoms with Crippen molar-refractivity contribution in [3.05, 3.63) is 267 Å². The van der Waals surface area contributed by atoms with Crippen LogP contribution in [0.15, 0.2) is 267 Å². The standard InChI is InChI=1S/C64H44N2/c1-3-17-45(18-4-1)49-21-13-22-50(43-49)46-35-39-54(40-36-46)65(55-41-37-48(38-42-55)57-30-15-20-47-19-7-8-27-56(47)57)61-32-11-9-28-58(61)51-23-14-24-52(44-51)59-31-16-34-63-64(59)60-29-10-12-33-62(60)66(63)53-25-5-2-6-26-53/h1-44H. The van der Waals surface area contributed by atoms with Gasteiger partial charge in [-0.05, 0) is 128 Å². The van der Waals surface area contributed by atoms with Crippen LogP contribution in [0.5, 0.6) is 0 Å². The summed E-state index contributed by atoms with van der Waals surface area (Å²) < 4.78 is 2.39. The van der Waals surface area contributed by atoms with Gasteiger partial charge in [0, 0.05) is 33.4 Å². The number of hydrogen-bond donors (Lipinski definition) is 0. The van der Waals surface area contributed by atoms with Crippen LogP contribution in [0.1, 0.15) is 0 Å². The van der Waals surface area contributed by atoms with Gasteiger partial charge >= 0.3 is 0 Å². The van der Waals surface area contributed by atoms with Gasteiger partial charge in [0.2, 0.25) is 0 Å². The van der Waals surface area contributed by atoms with E-state index >= 15 is 0 Å². The summed E-state index contributed by atoms with van der Waals surface area (Å²) in [6.07, 6.45) is 0. The maximum atomic E-state index is 2.41. The van der Waals surface area contributed by atoms with E-state index in [1.165, 1.54) is 77.1 Å². The van der Waals surface area contributed by atoms with Gasteiger partial charge in [-0.15, -0.1) is 0 Å². The van der Waals surface area contributed by atoms with Crippen molar-refractivity contribution in [2.24, 2.45) is 0 Å². The van der Waals surface area contributed by atoms with E-state index in [0.29, 0.717) is 0 Å². The molecule has 12 rings (SSSR count). The molecule has 0 saturated carbocycles. The average molecular weight is 841 g/mol. The molecule has 0 aliphatic heterocycles. The van der Waals surface area contributed by atoms with E-state index in [1.54, 1.807) is 0 Å². The first-order chi connectivity index (χ1) is 32.7. The maximum absolute atomic E-state index is 2.41. The molecule has 2 heteroatoms. The van der Waals surface area contributed by atoms with E-state index in [9.17, 15) is 0 Å². The third kappa shape index (κ3) is 7.02. The molecule has 1 heterocycles. The molecule has 0 amide bonds. The summed E-state index contributed by atoms with van der Waals surface area (Å²) in [4.78, 5) is 2.41. The van der Waals surface area contributed by atoms with Crippen LogP contribution >= 0.6 is 0 Å². The van der Waals surface area contributed by atoms with Crippen molar-refractivity contribution in [2.45, 2.75) is 0 Å². The Morgan fingerprint density at radius 3 is 1.50 bits per heavy atom. The molecule has 0 atom stereocenters. The molecule has 0 aliphatic rings. The Labute approximate surface area is 385 Å². The molecule has 1 aromatic heterocycles. The molecule has 0 saturated heterocycles. The Hall–Kier alpha value is -8.72. The Morgan fingerprint density at radius 1 is 0.273 bits per heavy atom. The first-order valence-electron chi connectivity index (χ1n) is 22.7. The summed E-state index contributed by atoms with van der Waals surface area (Å²) in [6.45, 7) is 0. The van der Waals surface area contributed by atoms with Gasteiger partial charge in [-0.25, -0.2) is 0 Å². The molecular weight excluding hydrogens is 797 g/mol. The van der Waals surface area contributed by atoms with Gasteiger partial charge in [-0.2, -0.15) is 0 Å². The molecule has 310 valence electrons. The van der Waals surface area contributed by atoms with Crippen molar-refractivity contribution in [3.8, 4) is 61.3 Å². The number of anilines is 3. The minimum atomic E-state index is 1.08. The summed E-state index contributed by atoms with van der Waals surface area (Å²) in [5.74, 6) is 0. The van der Waals surface area contributed by atoms with Crippen molar-refractivity contribution >= 4 is 49.6 Å². The van der Waals surface area contributed by atoms with Crippen LogP contribution < -0.4 is 4.90 Å². The van der Waals surface area contributed by atoms with Crippen LogP contribution in [0.25, 0.3) is 93.9 Å². The first kappa shape index (κ1) is 38.9. The third-order valence-electron chi connectivity index (χ3n) is 13.0. The van der Waals surface area contributed by atoms with E-state index < -0.39 is 0 Å². The van der Waals surface area contributed by atoms with Gasteiger partial charge < -0.3 is 9.47 Å². The molecule has 0 N–H and O–H groups in total. The van der Waals surface area contributed by atoms with Gasteiger partial charge in [0.1, 0.15) is 0 Å². The monoisotopic (exact) mass is 840 g/mol. The van der Waals surface area contributed by atoms with Crippen LogP contribution in [-0.2, 0) is 0 Å². The Balaban J connectivity index is 0.982. The zero-order valence-electron chi connectivity index (χ0n) is 36.3. The molecule has 0 spiro atoms. The van der Waals surface area contributed by atoms with E-state index in [0.717, 1.165) is 33.9 Å². The van der Waals surface area contributed by atoms with Crippen molar-refractivity contribution in [1.82, 2.24) is 4.57 Å². The number of hydrogen-bond acceptors (Lipinski definition) is 1. The topological polar surface area (TPSA) is 8.17 Å². The minimum Gasteiger partial charge on any atom is -0.310 e. The third-order valence-corrected chi connectivity index (χ3v) is 13.0. The van der Waals surface area contributed by atoms with Crippen LogP contribution in [0, 0.1) is 0 Å². The fourth-order valence-corrected chi connectivity index (χ4v) is 9.89. The van der Waals surface area contributed by atoms with Crippen molar-refractivity contribution in [3.63, 3.8) is 0 Å². The van der Waals surface area contributed by atoms with Gasteiger partial charge in [0.05, 0.1) is 16.7 Å². The maximum Gasteiger partial charge on any atom is 0.0547 e.